The molecule has 2 N–H and O–H groups in total. The zero-order valence-electron chi connectivity index (χ0n) is 21.6. The van der Waals surface area contributed by atoms with Crippen LogP contribution in [0.3, 0.4) is 0 Å². The lowest BCUT2D eigenvalue weighted by Gasteiger charge is -2.25. The van der Waals surface area contributed by atoms with Crippen LogP contribution in [0.2, 0.25) is 0 Å². The molecule has 0 aliphatic heterocycles. The molecule has 3 heteroatoms. The maximum absolute atomic E-state index is 10.0. The molecule has 2 aromatic rings. The summed E-state index contributed by atoms with van der Waals surface area (Å²) in [6, 6.07) is 10.8. The Kier molecular flexibility index (Phi) is 13.4. The van der Waals surface area contributed by atoms with Gasteiger partial charge in [0.05, 0.1) is 0 Å². The molecule has 34 heavy (non-hydrogen) atoms. The second-order valence-corrected chi connectivity index (χ2v) is 9.31. The summed E-state index contributed by atoms with van der Waals surface area (Å²) in [5, 5.41) is 18.2. The maximum Gasteiger partial charge on any atom is 0.157 e. The maximum atomic E-state index is 10.0. The third-order valence-corrected chi connectivity index (χ3v) is 6.08. The number of aldehydes is 1. The van der Waals surface area contributed by atoms with Gasteiger partial charge in [0.2, 0.25) is 0 Å². The smallest absolute Gasteiger partial charge is 0.157 e. The molecule has 0 heterocycles. The van der Waals surface area contributed by atoms with Crippen LogP contribution < -0.4 is 0 Å². The molecule has 1 aliphatic rings. The van der Waals surface area contributed by atoms with Crippen LogP contribution in [0.1, 0.15) is 75.1 Å². The van der Waals surface area contributed by atoms with Crippen LogP contribution in [0.5, 0.6) is 11.5 Å². The van der Waals surface area contributed by atoms with Gasteiger partial charge in [-0.2, -0.15) is 0 Å². The van der Waals surface area contributed by atoms with E-state index in [1.165, 1.54) is 61.4 Å². The Balaban J connectivity index is 0.000000259. The fraction of sp³-hybridized carbons (Fsp3) is 0.387. The van der Waals surface area contributed by atoms with Crippen molar-refractivity contribution in [2.75, 3.05) is 0 Å². The highest BCUT2D eigenvalue weighted by molar-refractivity contribution is 5.73. The molecule has 0 aromatic heterocycles. The zero-order chi connectivity index (χ0) is 25.5. The molecule has 3 nitrogen and oxygen atoms in total. The average molecular weight is 463 g/mol. The zero-order valence-corrected chi connectivity index (χ0v) is 21.6. The first-order valence-corrected chi connectivity index (χ1v) is 12.2. The van der Waals surface area contributed by atoms with Gasteiger partial charge in [0.25, 0.3) is 0 Å². The molecule has 0 bridgehead atoms. The van der Waals surface area contributed by atoms with E-state index in [4.69, 9.17) is 10.2 Å². The summed E-state index contributed by atoms with van der Waals surface area (Å²) in [5.74, 6) is 1.87. The van der Waals surface area contributed by atoms with Gasteiger partial charge in [0, 0.05) is 0 Å². The molecule has 3 rings (SSSR count). The van der Waals surface area contributed by atoms with Gasteiger partial charge < -0.3 is 10.2 Å². The average Bonchev–Trinajstić information content (AvgIpc) is 2.81. The minimum absolute atomic E-state index is 0.104. The Morgan fingerprint density at radius 3 is 2.21 bits per heavy atom. The molecule has 1 aliphatic carbocycles. The highest BCUT2D eigenvalue weighted by atomic mass is 16.3. The van der Waals surface area contributed by atoms with E-state index in [0.717, 1.165) is 34.8 Å². The number of hydrogen-bond acceptors (Lipinski definition) is 3. The van der Waals surface area contributed by atoms with Crippen molar-refractivity contribution in [1.29, 1.82) is 0 Å². The number of phenols is 2. The van der Waals surface area contributed by atoms with Gasteiger partial charge in [-0.1, -0.05) is 94.2 Å². The van der Waals surface area contributed by atoms with E-state index in [-0.39, 0.29) is 11.5 Å². The SMILES string of the molecule is C=C(C)/C=C/c1ccc(O)c(O)c1.CCC1CCCC(C)C1.Cc1ccc(/C=C/C=O)cc1C. The molecule has 2 unspecified atom stereocenters. The summed E-state index contributed by atoms with van der Waals surface area (Å²) in [6.07, 6.45) is 15.1. The van der Waals surface area contributed by atoms with Crippen LogP contribution in [-0.2, 0) is 4.79 Å². The number of carbonyl (C=O) groups is 1. The fourth-order valence-electron chi connectivity index (χ4n) is 3.83. The highest BCUT2D eigenvalue weighted by Crippen LogP contribution is 2.30. The minimum Gasteiger partial charge on any atom is -0.504 e. The van der Waals surface area contributed by atoms with E-state index in [1.807, 2.05) is 25.1 Å². The summed E-state index contributed by atoms with van der Waals surface area (Å²) < 4.78 is 0. The lowest BCUT2D eigenvalue weighted by Crippen LogP contribution is -2.11. The number of aromatic hydroxyl groups is 2. The molecule has 1 fully saturated rings. The number of phenolic OH excluding ortho intramolecular Hbond substituents is 2. The van der Waals surface area contributed by atoms with Crippen LogP contribution in [0.25, 0.3) is 12.2 Å². The van der Waals surface area contributed by atoms with E-state index < -0.39 is 0 Å². The summed E-state index contributed by atoms with van der Waals surface area (Å²) >= 11 is 0. The number of rotatable bonds is 5. The Morgan fingerprint density at radius 2 is 1.68 bits per heavy atom. The van der Waals surface area contributed by atoms with Gasteiger partial charge in [0.1, 0.15) is 6.29 Å². The monoisotopic (exact) mass is 462 g/mol. The van der Waals surface area contributed by atoms with E-state index in [0.29, 0.717) is 0 Å². The standard InChI is InChI=1S/C11H12O2.C11H12O.C9H18/c1-8(2)3-4-9-5-6-10(12)11(13)7-9;1-9-5-6-11(4-3-7-12)8-10(9)2;1-3-9-6-4-5-8(2)7-9/h3-7,12-13H,1H2,2H3;3-8H,1-2H3;8-9H,3-7H2,1-2H3/b2*4-3+;. The molecule has 2 atom stereocenters. The number of benzene rings is 2. The quantitative estimate of drug-likeness (QED) is 0.203. The van der Waals surface area contributed by atoms with Gasteiger partial charge in [0.15, 0.2) is 11.5 Å². The minimum atomic E-state index is -0.108. The largest absolute Gasteiger partial charge is 0.504 e. The van der Waals surface area contributed by atoms with E-state index in [2.05, 4.69) is 46.4 Å². The molecule has 1 saturated carbocycles. The lowest BCUT2D eigenvalue weighted by molar-refractivity contribution is -0.104. The summed E-state index contributed by atoms with van der Waals surface area (Å²) in [6.45, 7) is 14.4. The molecular formula is C31H42O3. The number of aryl methyl sites for hydroxylation is 2. The summed E-state index contributed by atoms with van der Waals surface area (Å²) in [4.78, 5) is 10.0. The Labute approximate surface area is 206 Å². The van der Waals surface area contributed by atoms with E-state index in [9.17, 15) is 4.79 Å². The molecule has 0 saturated heterocycles. The predicted molar refractivity (Wildman–Crippen MR) is 146 cm³/mol. The highest BCUT2D eigenvalue weighted by Gasteiger charge is 2.16. The first-order valence-electron chi connectivity index (χ1n) is 12.2. The molecule has 0 spiro atoms. The van der Waals surface area contributed by atoms with Crippen molar-refractivity contribution in [3.8, 4) is 11.5 Å². The van der Waals surface area contributed by atoms with Crippen molar-refractivity contribution < 1.29 is 15.0 Å². The van der Waals surface area contributed by atoms with Crippen molar-refractivity contribution in [3.63, 3.8) is 0 Å². The topological polar surface area (TPSA) is 57.5 Å². The first-order chi connectivity index (χ1) is 16.2. The fourth-order valence-corrected chi connectivity index (χ4v) is 3.83. The van der Waals surface area contributed by atoms with Crippen molar-refractivity contribution in [2.24, 2.45) is 11.8 Å². The van der Waals surface area contributed by atoms with Crippen LogP contribution >= 0.6 is 0 Å². The Morgan fingerprint density at radius 1 is 1.00 bits per heavy atom. The van der Waals surface area contributed by atoms with Crippen molar-refractivity contribution in [2.45, 2.75) is 66.7 Å². The molecule has 2 aromatic carbocycles. The second-order valence-electron chi connectivity index (χ2n) is 9.31. The van der Waals surface area contributed by atoms with Gasteiger partial charge >= 0.3 is 0 Å². The molecule has 184 valence electrons. The first kappa shape index (κ1) is 29.0. The van der Waals surface area contributed by atoms with E-state index in [1.54, 1.807) is 12.1 Å². The van der Waals surface area contributed by atoms with Crippen molar-refractivity contribution in [1.82, 2.24) is 0 Å². The Hall–Kier alpha value is -3.07. The third-order valence-electron chi connectivity index (χ3n) is 6.08. The second kappa shape index (κ2) is 15.7. The predicted octanol–water partition coefficient (Wildman–Crippen LogP) is 8.43. The van der Waals surface area contributed by atoms with Gasteiger partial charge in [-0.15, -0.1) is 0 Å². The van der Waals surface area contributed by atoms with Crippen molar-refractivity contribution >= 4 is 18.4 Å². The van der Waals surface area contributed by atoms with E-state index >= 15 is 0 Å². The van der Waals surface area contributed by atoms with Crippen molar-refractivity contribution in [3.05, 3.63) is 83.0 Å². The molecule has 0 radical (unpaired) electrons. The third kappa shape index (κ3) is 11.7. The summed E-state index contributed by atoms with van der Waals surface area (Å²) in [7, 11) is 0. The van der Waals surface area contributed by atoms with Crippen LogP contribution in [0.4, 0.5) is 0 Å². The van der Waals surface area contributed by atoms with Crippen LogP contribution in [0, 0.1) is 25.7 Å². The van der Waals surface area contributed by atoms with Crippen LogP contribution in [-0.4, -0.2) is 16.5 Å². The van der Waals surface area contributed by atoms with Gasteiger partial charge in [-0.3, -0.25) is 4.79 Å². The summed E-state index contributed by atoms with van der Waals surface area (Å²) in [5.41, 5.74) is 5.37. The number of allylic oxidation sites excluding steroid dienone is 3. The molecular weight excluding hydrogens is 420 g/mol. The van der Waals surface area contributed by atoms with Crippen LogP contribution in [0.15, 0.2) is 60.7 Å². The Bertz CT molecular complexity index is 969. The van der Waals surface area contributed by atoms with Gasteiger partial charge in [-0.25, -0.2) is 0 Å². The lowest BCUT2D eigenvalue weighted by atomic mass is 9.81. The molecule has 0 amide bonds. The normalized spacial score (nSPS) is 17.4. The number of carbonyl (C=O) groups excluding carboxylic acids is 1. The number of hydrogen-bond donors (Lipinski definition) is 2. The van der Waals surface area contributed by atoms with Gasteiger partial charge in [-0.05, 0) is 79.5 Å².